The highest BCUT2D eigenvalue weighted by Crippen LogP contribution is 2.58. The minimum absolute atomic E-state index is 0.171. The normalized spacial score (nSPS) is 29.5. The fourth-order valence-corrected chi connectivity index (χ4v) is 5.28. The van der Waals surface area contributed by atoms with Crippen molar-refractivity contribution < 1.29 is 9.59 Å². The summed E-state index contributed by atoms with van der Waals surface area (Å²) in [6.07, 6.45) is 0.227. The fraction of sp³-hybridized carbons (Fsp3) is 0.238. The Bertz CT molecular complexity index is 1300. The molecular weight excluding hydrogens is 356 g/mol. The average Bonchev–Trinajstić information content (AvgIpc) is 2.97. The summed E-state index contributed by atoms with van der Waals surface area (Å²) in [7, 11) is 0. The van der Waals surface area contributed by atoms with E-state index >= 15 is 0 Å². The van der Waals surface area contributed by atoms with Gasteiger partial charge in [-0.1, -0.05) is 30.3 Å². The van der Waals surface area contributed by atoms with E-state index in [1.165, 1.54) is 4.57 Å². The minimum Gasteiger partial charge on any atom is -0.340 e. The molecule has 3 aromatic rings. The molecule has 0 saturated carbocycles. The highest BCUT2D eigenvalue weighted by molar-refractivity contribution is 6.09. The van der Waals surface area contributed by atoms with Crippen LogP contribution in [0.1, 0.15) is 30.8 Å². The number of aromatic nitrogens is 2. The zero-order valence-corrected chi connectivity index (χ0v) is 15.0. The summed E-state index contributed by atoms with van der Waals surface area (Å²) in [5.74, 6) is 0.00532. The van der Waals surface area contributed by atoms with Crippen molar-refractivity contribution in [3.05, 3.63) is 70.3 Å². The zero-order chi connectivity index (χ0) is 19.3. The molecule has 4 aliphatic heterocycles. The first-order chi connectivity index (χ1) is 13.5. The third kappa shape index (κ3) is 1.50. The Morgan fingerprint density at radius 1 is 1.07 bits per heavy atom. The van der Waals surface area contributed by atoms with Crippen molar-refractivity contribution in [1.82, 2.24) is 14.9 Å². The predicted molar refractivity (Wildman–Crippen MR) is 102 cm³/mol. The number of benzene rings is 2. The molecule has 1 fully saturated rings. The monoisotopic (exact) mass is 372 g/mol. The van der Waals surface area contributed by atoms with E-state index in [9.17, 15) is 14.4 Å². The van der Waals surface area contributed by atoms with E-state index in [2.05, 4.69) is 10.6 Å². The molecule has 0 radical (unpaired) electrons. The molecule has 1 saturated heterocycles. The zero-order valence-electron chi connectivity index (χ0n) is 15.0. The summed E-state index contributed by atoms with van der Waals surface area (Å²) in [4.78, 5) is 44.1. The molecule has 28 heavy (non-hydrogen) atoms. The van der Waals surface area contributed by atoms with Gasteiger partial charge in [0.15, 0.2) is 0 Å². The minimum atomic E-state index is -1.14. The van der Waals surface area contributed by atoms with Crippen molar-refractivity contribution in [1.29, 1.82) is 0 Å². The van der Waals surface area contributed by atoms with Crippen LogP contribution in [0.15, 0.2) is 53.3 Å². The molecule has 138 valence electrons. The molecule has 1 aromatic heterocycles. The summed E-state index contributed by atoms with van der Waals surface area (Å²) in [6, 6.07) is 13.8. The van der Waals surface area contributed by atoms with Crippen LogP contribution >= 0.6 is 0 Å². The van der Waals surface area contributed by atoms with Gasteiger partial charge >= 0.3 is 0 Å². The molecule has 5 heterocycles. The first kappa shape index (κ1) is 15.6. The van der Waals surface area contributed by atoms with E-state index in [-0.39, 0.29) is 23.8 Å². The molecule has 7 heteroatoms. The molecule has 2 N–H and O–H groups in total. The van der Waals surface area contributed by atoms with E-state index in [4.69, 9.17) is 4.98 Å². The first-order valence-corrected chi connectivity index (χ1v) is 9.22. The van der Waals surface area contributed by atoms with Crippen molar-refractivity contribution in [2.75, 3.05) is 5.32 Å². The quantitative estimate of drug-likeness (QED) is 0.627. The number of carbonyl (C=O) groups is 2. The maximum Gasteiger partial charge on any atom is 0.262 e. The Labute approximate surface area is 159 Å². The summed E-state index contributed by atoms with van der Waals surface area (Å²) >= 11 is 0. The Kier molecular flexibility index (Phi) is 2.60. The van der Waals surface area contributed by atoms with Crippen LogP contribution in [-0.4, -0.2) is 21.4 Å². The lowest BCUT2D eigenvalue weighted by atomic mass is 9.58. The van der Waals surface area contributed by atoms with Gasteiger partial charge in [-0.05, 0) is 37.1 Å². The van der Waals surface area contributed by atoms with Crippen LogP contribution in [0.4, 0.5) is 5.69 Å². The molecular formula is C21H16N4O3. The predicted octanol–water partition coefficient (Wildman–Crippen LogP) is 1.58. The Morgan fingerprint density at radius 2 is 1.82 bits per heavy atom. The number of hydrogen-bond donors (Lipinski definition) is 2. The lowest BCUT2D eigenvalue weighted by molar-refractivity contribution is -0.142. The van der Waals surface area contributed by atoms with Crippen LogP contribution in [0.3, 0.4) is 0 Å². The smallest absolute Gasteiger partial charge is 0.262 e. The van der Waals surface area contributed by atoms with Crippen LogP contribution in [0.25, 0.3) is 10.9 Å². The third-order valence-electron chi connectivity index (χ3n) is 6.62. The number of para-hydroxylation sites is 2. The molecule has 7 nitrogen and oxygen atoms in total. The number of rotatable bonds is 0. The molecule has 7 rings (SSSR count). The van der Waals surface area contributed by atoms with Gasteiger partial charge in [-0.3, -0.25) is 19.0 Å². The molecule has 1 spiro atoms. The second kappa shape index (κ2) is 4.67. The fourth-order valence-electron chi connectivity index (χ4n) is 5.28. The standard InChI is InChI=1S/C21H16N4O3/c1-20-18-22-13-8-4-2-6-11(13)17(27)25(18)15(16(26)24-20)10-21(20)12-7-3-5-9-14(12)23-19(21)28/h2-9,15H,10H2,1H3,(H,23,28)(H,24,26)/t15-,20-,21-/m0/s1. The number of fused-ring (bicyclic) bond motifs is 3. The van der Waals surface area contributed by atoms with Crippen LogP contribution in [0.2, 0.25) is 0 Å². The summed E-state index contributed by atoms with van der Waals surface area (Å²) in [5.41, 5.74) is -0.258. The van der Waals surface area contributed by atoms with Crippen molar-refractivity contribution in [3.8, 4) is 0 Å². The highest BCUT2D eigenvalue weighted by atomic mass is 16.2. The SMILES string of the molecule is C[C@@]12NC(=O)[C@H](C[C@]13C(=O)Nc1ccccc13)n1c2nc2ccccc2c1=O. The van der Waals surface area contributed by atoms with E-state index in [0.29, 0.717) is 16.7 Å². The van der Waals surface area contributed by atoms with E-state index < -0.39 is 17.0 Å². The number of hydrogen-bond acceptors (Lipinski definition) is 4. The number of piperidine rings is 1. The second-order valence-electron chi connectivity index (χ2n) is 7.87. The van der Waals surface area contributed by atoms with Crippen molar-refractivity contribution in [2.24, 2.45) is 0 Å². The van der Waals surface area contributed by atoms with Gasteiger partial charge in [-0.15, -0.1) is 0 Å². The van der Waals surface area contributed by atoms with E-state index in [1.807, 2.05) is 30.3 Å². The molecule has 0 unspecified atom stereocenters. The van der Waals surface area contributed by atoms with Gasteiger partial charge in [-0.25, -0.2) is 4.98 Å². The number of anilines is 1. The summed E-state index contributed by atoms with van der Waals surface area (Å²) in [5, 5.41) is 6.46. The second-order valence-corrected chi connectivity index (χ2v) is 7.87. The van der Waals surface area contributed by atoms with E-state index in [1.54, 1.807) is 25.1 Å². The first-order valence-electron chi connectivity index (χ1n) is 9.22. The number of nitrogens with zero attached hydrogens (tertiary/aromatic N) is 2. The molecule has 3 atom stereocenters. The van der Waals surface area contributed by atoms with Crippen molar-refractivity contribution >= 4 is 28.4 Å². The van der Waals surface area contributed by atoms with Crippen LogP contribution in [0, 0.1) is 0 Å². The Hall–Kier alpha value is -3.48. The van der Waals surface area contributed by atoms with Crippen molar-refractivity contribution in [3.63, 3.8) is 0 Å². The molecule has 0 aliphatic carbocycles. The van der Waals surface area contributed by atoms with Gasteiger partial charge in [0.2, 0.25) is 11.8 Å². The summed E-state index contributed by atoms with van der Waals surface area (Å²) < 4.78 is 1.49. The Morgan fingerprint density at radius 3 is 2.68 bits per heavy atom. The summed E-state index contributed by atoms with van der Waals surface area (Å²) in [6.45, 7) is 1.80. The number of carbonyl (C=O) groups excluding carboxylic acids is 2. The van der Waals surface area contributed by atoms with Crippen LogP contribution < -0.4 is 16.2 Å². The van der Waals surface area contributed by atoms with Gasteiger partial charge < -0.3 is 10.6 Å². The maximum absolute atomic E-state index is 13.3. The number of nitrogens with one attached hydrogen (secondary N) is 2. The van der Waals surface area contributed by atoms with Gasteiger partial charge in [0.05, 0.1) is 10.9 Å². The van der Waals surface area contributed by atoms with Gasteiger partial charge in [0.25, 0.3) is 5.56 Å². The maximum atomic E-state index is 13.3. The molecule has 2 bridgehead atoms. The number of amides is 2. The Balaban J connectivity index is 1.75. The molecule has 2 amide bonds. The van der Waals surface area contributed by atoms with Crippen molar-refractivity contribution in [2.45, 2.75) is 30.3 Å². The lowest BCUT2D eigenvalue weighted by Crippen LogP contribution is -2.72. The van der Waals surface area contributed by atoms with Crippen LogP contribution in [-0.2, 0) is 20.5 Å². The van der Waals surface area contributed by atoms with Gasteiger partial charge in [0.1, 0.15) is 22.8 Å². The van der Waals surface area contributed by atoms with Crippen LogP contribution in [0.5, 0.6) is 0 Å². The molecule has 4 aliphatic rings. The highest BCUT2D eigenvalue weighted by Gasteiger charge is 2.69. The average molecular weight is 372 g/mol. The lowest BCUT2D eigenvalue weighted by Gasteiger charge is -2.55. The van der Waals surface area contributed by atoms with Gasteiger partial charge in [-0.2, -0.15) is 0 Å². The van der Waals surface area contributed by atoms with E-state index in [0.717, 1.165) is 11.3 Å². The third-order valence-corrected chi connectivity index (χ3v) is 6.62. The molecule has 2 aromatic carbocycles. The van der Waals surface area contributed by atoms with Gasteiger partial charge in [0, 0.05) is 5.69 Å². The topological polar surface area (TPSA) is 93.1 Å². The largest absolute Gasteiger partial charge is 0.340 e.